The number of rotatable bonds is 6. The fourth-order valence-corrected chi connectivity index (χ4v) is 5.29. The van der Waals surface area contributed by atoms with Crippen LogP contribution in [0.25, 0.3) is 0 Å². The third-order valence-corrected chi connectivity index (χ3v) is 7.31. The molecule has 1 aliphatic carbocycles. The van der Waals surface area contributed by atoms with E-state index in [1.54, 1.807) is 23.4 Å². The van der Waals surface area contributed by atoms with E-state index in [4.69, 9.17) is 11.6 Å². The zero-order valence-corrected chi connectivity index (χ0v) is 21.8. The topological polar surface area (TPSA) is 74.3 Å². The van der Waals surface area contributed by atoms with Crippen LogP contribution >= 0.6 is 11.6 Å². The molecule has 188 valence electrons. The van der Waals surface area contributed by atoms with Crippen LogP contribution in [-0.4, -0.2) is 35.4 Å². The van der Waals surface area contributed by atoms with E-state index >= 15 is 0 Å². The van der Waals surface area contributed by atoms with Gasteiger partial charge in [0, 0.05) is 29.7 Å². The maximum atomic E-state index is 14.0. The van der Waals surface area contributed by atoms with E-state index in [9.17, 15) is 9.59 Å². The number of amides is 2. The van der Waals surface area contributed by atoms with Gasteiger partial charge in [-0.3, -0.25) is 19.5 Å². The summed E-state index contributed by atoms with van der Waals surface area (Å²) in [5, 5.41) is 7.00. The van der Waals surface area contributed by atoms with E-state index in [1.165, 1.54) is 12.0 Å². The summed E-state index contributed by atoms with van der Waals surface area (Å²) in [6.45, 7) is 7.27. The van der Waals surface area contributed by atoms with Crippen molar-refractivity contribution in [1.29, 1.82) is 0 Å². The Bertz CT molecular complexity index is 1020. The van der Waals surface area contributed by atoms with Crippen molar-refractivity contribution in [2.75, 3.05) is 11.4 Å². The number of hydrogen-bond acceptors (Lipinski definition) is 4. The zero-order chi connectivity index (χ0) is 25.0. The molecule has 6 nitrogen and oxygen atoms in total. The molecule has 1 aliphatic heterocycles. The van der Waals surface area contributed by atoms with Crippen LogP contribution in [0.1, 0.15) is 82.9 Å². The molecule has 1 aromatic carbocycles. The van der Waals surface area contributed by atoms with Crippen molar-refractivity contribution >= 4 is 29.1 Å². The van der Waals surface area contributed by atoms with Crippen molar-refractivity contribution in [3.05, 3.63) is 58.9 Å². The first kappa shape index (κ1) is 25.6. The highest BCUT2D eigenvalue weighted by Crippen LogP contribution is 2.33. The van der Waals surface area contributed by atoms with Crippen LogP contribution < -0.4 is 15.5 Å². The maximum Gasteiger partial charge on any atom is 0.248 e. The minimum absolute atomic E-state index is 0.0188. The van der Waals surface area contributed by atoms with Crippen molar-refractivity contribution in [3.63, 3.8) is 0 Å². The highest BCUT2D eigenvalue weighted by Gasteiger charge is 2.38. The van der Waals surface area contributed by atoms with E-state index in [0.29, 0.717) is 16.3 Å². The lowest BCUT2D eigenvalue weighted by molar-refractivity contribution is -0.128. The van der Waals surface area contributed by atoms with E-state index < -0.39 is 6.04 Å². The summed E-state index contributed by atoms with van der Waals surface area (Å²) in [5.41, 5.74) is 2.45. The number of halogens is 1. The summed E-state index contributed by atoms with van der Waals surface area (Å²) in [4.78, 5) is 33.7. The Kier molecular flexibility index (Phi) is 8.12. The summed E-state index contributed by atoms with van der Waals surface area (Å²) >= 11 is 6.30. The summed E-state index contributed by atoms with van der Waals surface area (Å²) in [7, 11) is 0. The molecule has 2 unspecified atom stereocenters. The third-order valence-electron chi connectivity index (χ3n) is 7.11. The molecule has 35 heavy (non-hydrogen) atoms. The number of benzene rings is 1. The Hall–Kier alpha value is -2.44. The highest BCUT2D eigenvalue weighted by molar-refractivity contribution is 6.30. The molecule has 7 heteroatoms. The molecular weight excluding hydrogens is 460 g/mol. The predicted molar refractivity (Wildman–Crippen MR) is 141 cm³/mol. The van der Waals surface area contributed by atoms with E-state index in [1.807, 2.05) is 24.3 Å². The molecule has 2 N–H and O–H groups in total. The number of nitrogens with zero attached hydrogens (tertiary/aromatic N) is 2. The van der Waals surface area contributed by atoms with Crippen molar-refractivity contribution < 1.29 is 9.59 Å². The van der Waals surface area contributed by atoms with Gasteiger partial charge in [0.05, 0.1) is 11.1 Å². The van der Waals surface area contributed by atoms with Gasteiger partial charge < -0.3 is 10.6 Å². The van der Waals surface area contributed by atoms with E-state index in [2.05, 4.69) is 36.4 Å². The second kappa shape index (κ2) is 11.1. The molecule has 0 radical (unpaired) electrons. The molecule has 1 saturated heterocycles. The fourth-order valence-electron chi connectivity index (χ4n) is 5.11. The Balaban J connectivity index is 1.76. The minimum Gasteiger partial charge on any atom is -0.351 e. The molecule has 2 fully saturated rings. The largest absolute Gasteiger partial charge is 0.351 e. The second-order valence-corrected chi connectivity index (χ2v) is 11.3. The van der Waals surface area contributed by atoms with Crippen molar-refractivity contribution in [2.45, 2.75) is 89.3 Å². The van der Waals surface area contributed by atoms with Gasteiger partial charge >= 0.3 is 0 Å². The van der Waals surface area contributed by atoms with Crippen LogP contribution in [0, 0.1) is 0 Å². The van der Waals surface area contributed by atoms with Gasteiger partial charge in [0.25, 0.3) is 0 Å². The fraction of sp³-hybridized carbons (Fsp3) is 0.536. The molecule has 1 aromatic heterocycles. The minimum atomic E-state index is -0.862. The smallest absolute Gasteiger partial charge is 0.248 e. The zero-order valence-electron chi connectivity index (χ0n) is 21.0. The molecule has 1 saturated carbocycles. The Labute approximate surface area is 213 Å². The highest BCUT2D eigenvalue weighted by atomic mass is 35.5. The molecular formula is C28H37ClN4O2. The van der Waals surface area contributed by atoms with Gasteiger partial charge in [0.1, 0.15) is 6.04 Å². The molecule has 0 spiro atoms. The number of anilines is 1. The van der Waals surface area contributed by atoms with Crippen LogP contribution in [0.15, 0.2) is 42.7 Å². The lowest BCUT2D eigenvalue weighted by Crippen LogP contribution is -2.51. The molecule has 2 heterocycles. The predicted octanol–water partition coefficient (Wildman–Crippen LogP) is 5.31. The van der Waals surface area contributed by atoms with Crippen LogP contribution in [0.2, 0.25) is 5.02 Å². The van der Waals surface area contributed by atoms with Crippen LogP contribution in [0.4, 0.5) is 5.69 Å². The summed E-state index contributed by atoms with van der Waals surface area (Å²) in [5.74, 6) is -0.290. The number of nitrogens with one attached hydrogen (secondary N) is 2. The lowest BCUT2D eigenvalue weighted by Gasteiger charge is -2.35. The first-order valence-electron chi connectivity index (χ1n) is 12.8. The Morgan fingerprint density at radius 3 is 2.37 bits per heavy atom. The van der Waals surface area contributed by atoms with E-state index in [-0.39, 0.29) is 29.3 Å². The second-order valence-electron chi connectivity index (χ2n) is 10.8. The number of carbonyl (C=O) groups is 2. The maximum absolute atomic E-state index is 14.0. The van der Waals surface area contributed by atoms with Crippen molar-refractivity contribution in [1.82, 2.24) is 15.6 Å². The molecule has 4 rings (SSSR count). The van der Waals surface area contributed by atoms with Crippen LogP contribution in [0.3, 0.4) is 0 Å². The van der Waals surface area contributed by atoms with Gasteiger partial charge in [0.15, 0.2) is 0 Å². The normalized spacial score (nSPS) is 19.8. The standard InChI is InChI=1S/C28H37ClN4O2/c1-28(2,3)20-11-13-23(14-12-20)33(27(35)24-10-7-15-31-24)25(19-16-21(29)18-30-17-19)26(34)32-22-8-5-4-6-9-22/h11-14,16-18,22,24-25,31H,4-10,15H2,1-3H3,(H,32,34). The lowest BCUT2D eigenvalue weighted by atomic mass is 9.87. The van der Waals surface area contributed by atoms with Crippen LogP contribution in [-0.2, 0) is 15.0 Å². The van der Waals surface area contributed by atoms with E-state index in [0.717, 1.165) is 45.1 Å². The van der Waals surface area contributed by atoms with Gasteiger partial charge in [-0.25, -0.2) is 0 Å². The molecule has 2 atom stereocenters. The Morgan fingerprint density at radius 1 is 1.06 bits per heavy atom. The first-order valence-corrected chi connectivity index (χ1v) is 13.2. The number of pyridine rings is 1. The van der Waals surface area contributed by atoms with Gasteiger partial charge in [-0.1, -0.05) is 63.8 Å². The summed E-state index contributed by atoms with van der Waals surface area (Å²) in [6.07, 6.45) is 10.2. The van der Waals surface area contributed by atoms with Crippen molar-refractivity contribution in [3.8, 4) is 0 Å². The quantitative estimate of drug-likeness (QED) is 0.568. The number of carbonyl (C=O) groups excluding carboxylic acids is 2. The summed E-state index contributed by atoms with van der Waals surface area (Å²) < 4.78 is 0. The molecule has 2 aliphatic rings. The van der Waals surface area contributed by atoms with Gasteiger partial charge in [-0.2, -0.15) is 0 Å². The Morgan fingerprint density at radius 2 is 1.77 bits per heavy atom. The average Bonchev–Trinajstić information content (AvgIpc) is 3.37. The average molecular weight is 497 g/mol. The molecule has 2 amide bonds. The molecule has 0 bridgehead atoms. The monoisotopic (exact) mass is 496 g/mol. The van der Waals surface area contributed by atoms with Gasteiger partial charge in [-0.05, 0) is 61.4 Å². The third kappa shape index (κ3) is 6.22. The SMILES string of the molecule is CC(C)(C)c1ccc(N(C(=O)C2CCCN2)C(C(=O)NC2CCCCC2)c2cncc(Cl)c2)cc1. The van der Waals surface area contributed by atoms with Crippen LogP contribution in [0.5, 0.6) is 0 Å². The van der Waals surface area contributed by atoms with Crippen molar-refractivity contribution in [2.24, 2.45) is 0 Å². The number of aromatic nitrogens is 1. The number of hydrogen-bond donors (Lipinski definition) is 2. The van der Waals surface area contributed by atoms with Gasteiger partial charge in [-0.15, -0.1) is 0 Å². The summed E-state index contributed by atoms with van der Waals surface area (Å²) in [6, 6.07) is 8.67. The van der Waals surface area contributed by atoms with Gasteiger partial charge in [0.2, 0.25) is 11.8 Å². The first-order chi connectivity index (χ1) is 16.7. The molecule has 2 aromatic rings.